The molecule has 0 aliphatic heterocycles. The minimum atomic E-state index is -4.51. The number of anilines is 1. The summed E-state index contributed by atoms with van der Waals surface area (Å²) in [5.74, 6) is -2.44. The normalized spacial score (nSPS) is 11.5. The zero-order valence-corrected chi connectivity index (χ0v) is 8.82. The summed E-state index contributed by atoms with van der Waals surface area (Å²) in [4.78, 5) is 21.1. The van der Waals surface area contributed by atoms with Crippen LogP contribution in [0.15, 0.2) is 36.4 Å². The minimum Gasteiger partial charge on any atom is -0.545 e. The maximum Gasteiger partial charge on any atom is 0.416 e. The number of aliphatic carboxylic acids is 1. The molecule has 0 unspecified atom stereocenters. The van der Waals surface area contributed by atoms with Crippen molar-refractivity contribution in [2.75, 3.05) is 5.32 Å². The van der Waals surface area contributed by atoms with Crippen LogP contribution in [0.25, 0.3) is 0 Å². The Hall–Kier alpha value is -2.31. The second-order valence-corrected chi connectivity index (χ2v) is 3.22. The lowest BCUT2D eigenvalue weighted by molar-refractivity contribution is -0.297. The highest BCUT2D eigenvalue weighted by Gasteiger charge is 2.30. The number of amides is 1. The first kappa shape index (κ1) is 13.8. The predicted molar refractivity (Wildman–Crippen MR) is 54.2 cm³/mol. The van der Waals surface area contributed by atoms with Crippen LogP contribution in [0.2, 0.25) is 0 Å². The van der Waals surface area contributed by atoms with E-state index in [0.29, 0.717) is 12.2 Å². The maximum atomic E-state index is 12.3. The van der Waals surface area contributed by atoms with Gasteiger partial charge in [0.25, 0.3) is 0 Å². The van der Waals surface area contributed by atoms with Crippen LogP contribution in [0.3, 0.4) is 0 Å². The molecule has 0 saturated heterocycles. The van der Waals surface area contributed by atoms with Gasteiger partial charge in [0.2, 0.25) is 5.91 Å². The maximum absolute atomic E-state index is 12.3. The molecule has 0 heterocycles. The molecular formula is C11H7F3NO3-. The number of hydrogen-bond donors (Lipinski definition) is 1. The highest BCUT2D eigenvalue weighted by atomic mass is 19.4. The van der Waals surface area contributed by atoms with Gasteiger partial charge in [0, 0.05) is 11.8 Å². The van der Waals surface area contributed by atoms with Crippen LogP contribution in [-0.4, -0.2) is 11.9 Å². The summed E-state index contributed by atoms with van der Waals surface area (Å²) in [6, 6.07) is 3.97. The van der Waals surface area contributed by atoms with Crippen LogP contribution >= 0.6 is 0 Å². The van der Waals surface area contributed by atoms with E-state index in [-0.39, 0.29) is 5.69 Å². The van der Waals surface area contributed by atoms with Gasteiger partial charge < -0.3 is 15.2 Å². The Balaban J connectivity index is 2.80. The Morgan fingerprint density at radius 3 is 2.44 bits per heavy atom. The molecule has 1 N–H and O–H groups in total. The third-order valence-electron chi connectivity index (χ3n) is 1.83. The molecule has 4 nitrogen and oxygen atoms in total. The molecule has 0 fully saturated rings. The van der Waals surface area contributed by atoms with Crippen molar-refractivity contribution in [3.63, 3.8) is 0 Å². The number of rotatable bonds is 3. The molecule has 18 heavy (non-hydrogen) atoms. The third kappa shape index (κ3) is 4.28. The molecule has 1 rings (SSSR count). The molecule has 7 heteroatoms. The molecule has 1 amide bonds. The Morgan fingerprint density at radius 2 is 1.89 bits per heavy atom. The molecule has 1 aromatic rings. The van der Waals surface area contributed by atoms with Gasteiger partial charge in [-0.25, -0.2) is 0 Å². The largest absolute Gasteiger partial charge is 0.545 e. The number of nitrogens with one attached hydrogen (secondary N) is 1. The van der Waals surface area contributed by atoms with Gasteiger partial charge in [0.1, 0.15) is 0 Å². The number of benzene rings is 1. The highest BCUT2D eigenvalue weighted by molar-refractivity contribution is 6.02. The predicted octanol–water partition coefficient (Wildman–Crippen LogP) is 0.950. The summed E-state index contributed by atoms with van der Waals surface area (Å²) in [5.41, 5.74) is -0.998. The van der Waals surface area contributed by atoms with E-state index in [2.05, 4.69) is 5.32 Å². The van der Waals surface area contributed by atoms with Crippen LogP contribution in [0.4, 0.5) is 18.9 Å². The molecule has 0 aliphatic rings. The lowest BCUT2D eigenvalue weighted by atomic mass is 10.2. The van der Waals surface area contributed by atoms with Crippen molar-refractivity contribution < 1.29 is 27.9 Å². The van der Waals surface area contributed by atoms with E-state index in [9.17, 15) is 27.9 Å². The number of carboxylic acids is 1. The number of carboxylic acid groups (broad SMARTS) is 1. The summed E-state index contributed by atoms with van der Waals surface area (Å²) in [6.07, 6.45) is -3.39. The Kier molecular flexibility index (Phi) is 4.09. The standard InChI is InChI=1S/C11H8F3NO3/c12-11(13,14)7-2-1-3-8(6-7)15-9(16)4-5-10(17)18/h1-6H,(H,15,16)(H,17,18)/p-1/b5-4-. The third-order valence-corrected chi connectivity index (χ3v) is 1.83. The van der Waals surface area contributed by atoms with Gasteiger partial charge in [0.05, 0.1) is 11.5 Å². The van der Waals surface area contributed by atoms with Crippen molar-refractivity contribution in [1.82, 2.24) is 0 Å². The summed E-state index contributed by atoms with van der Waals surface area (Å²) in [6.45, 7) is 0. The van der Waals surface area contributed by atoms with Crippen molar-refractivity contribution in [2.45, 2.75) is 6.18 Å². The van der Waals surface area contributed by atoms with Crippen LogP contribution in [0.5, 0.6) is 0 Å². The highest BCUT2D eigenvalue weighted by Crippen LogP contribution is 2.30. The van der Waals surface area contributed by atoms with Gasteiger partial charge in [-0.05, 0) is 24.3 Å². The van der Waals surface area contributed by atoms with Gasteiger partial charge in [0.15, 0.2) is 0 Å². The molecule has 0 saturated carbocycles. The van der Waals surface area contributed by atoms with E-state index >= 15 is 0 Å². The average molecular weight is 258 g/mol. The molecule has 0 aliphatic carbocycles. The summed E-state index contributed by atoms with van der Waals surface area (Å²) in [5, 5.41) is 12.1. The molecule has 0 radical (unpaired) electrons. The van der Waals surface area contributed by atoms with Crippen LogP contribution in [-0.2, 0) is 15.8 Å². The van der Waals surface area contributed by atoms with E-state index < -0.39 is 23.6 Å². The van der Waals surface area contributed by atoms with Gasteiger partial charge >= 0.3 is 6.18 Å². The summed E-state index contributed by atoms with van der Waals surface area (Å²) >= 11 is 0. The smallest absolute Gasteiger partial charge is 0.416 e. The molecule has 0 aromatic heterocycles. The molecule has 1 aromatic carbocycles. The zero-order valence-electron chi connectivity index (χ0n) is 8.82. The molecule has 96 valence electrons. The Labute approximate surface area is 99.7 Å². The lowest BCUT2D eigenvalue weighted by Crippen LogP contribution is -2.20. The topological polar surface area (TPSA) is 69.2 Å². The first-order chi connectivity index (χ1) is 8.29. The first-order valence-corrected chi connectivity index (χ1v) is 4.66. The molecular weight excluding hydrogens is 251 g/mol. The summed E-state index contributed by atoms with van der Waals surface area (Å²) in [7, 11) is 0. The Morgan fingerprint density at radius 1 is 1.22 bits per heavy atom. The Bertz CT molecular complexity index is 495. The van der Waals surface area contributed by atoms with Gasteiger partial charge in [-0.3, -0.25) is 4.79 Å². The van der Waals surface area contributed by atoms with Crippen molar-refractivity contribution in [3.05, 3.63) is 42.0 Å². The lowest BCUT2D eigenvalue weighted by Gasteiger charge is -2.08. The average Bonchev–Trinajstić information content (AvgIpc) is 2.25. The van der Waals surface area contributed by atoms with Crippen LogP contribution in [0, 0.1) is 0 Å². The monoisotopic (exact) mass is 258 g/mol. The number of alkyl halides is 3. The van der Waals surface area contributed by atoms with Crippen molar-refractivity contribution >= 4 is 17.6 Å². The molecule has 0 spiro atoms. The summed E-state index contributed by atoms with van der Waals surface area (Å²) < 4.78 is 37.0. The van der Waals surface area contributed by atoms with Crippen molar-refractivity contribution in [1.29, 1.82) is 0 Å². The van der Waals surface area contributed by atoms with Crippen LogP contribution < -0.4 is 10.4 Å². The van der Waals surface area contributed by atoms with E-state index in [1.54, 1.807) is 0 Å². The van der Waals surface area contributed by atoms with Gasteiger partial charge in [-0.2, -0.15) is 13.2 Å². The van der Waals surface area contributed by atoms with Crippen LogP contribution in [0.1, 0.15) is 5.56 Å². The SMILES string of the molecule is O=C([O-])/C=C\C(=O)Nc1cccc(C(F)(F)F)c1. The van der Waals surface area contributed by atoms with Crippen molar-refractivity contribution in [2.24, 2.45) is 0 Å². The fraction of sp³-hybridized carbons (Fsp3) is 0.0909. The quantitative estimate of drug-likeness (QED) is 0.820. The number of carbonyl (C=O) groups is 2. The fourth-order valence-corrected chi connectivity index (χ4v) is 1.10. The second kappa shape index (κ2) is 5.35. The number of halogens is 3. The minimum absolute atomic E-state index is 0.0853. The zero-order chi connectivity index (χ0) is 13.8. The van der Waals surface area contributed by atoms with E-state index in [0.717, 1.165) is 18.2 Å². The first-order valence-electron chi connectivity index (χ1n) is 4.66. The second-order valence-electron chi connectivity index (χ2n) is 3.22. The number of carbonyl (C=O) groups excluding carboxylic acids is 2. The number of hydrogen-bond acceptors (Lipinski definition) is 3. The van der Waals surface area contributed by atoms with E-state index in [4.69, 9.17) is 0 Å². The van der Waals surface area contributed by atoms with Gasteiger partial charge in [-0.1, -0.05) is 6.07 Å². The molecule has 0 bridgehead atoms. The van der Waals surface area contributed by atoms with Gasteiger partial charge in [-0.15, -0.1) is 0 Å². The van der Waals surface area contributed by atoms with Crippen molar-refractivity contribution in [3.8, 4) is 0 Å². The van der Waals surface area contributed by atoms with E-state index in [1.807, 2.05) is 0 Å². The van der Waals surface area contributed by atoms with E-state index in [1.165, 1.54) is 6.07 Å². The molecule has 0 atom stereocenters. The fourth-order valence-electron chi connectivity index (χ4n) is 1.10.